The highest BCUT2D eigenvalue weighted by molar-refractivity contribution is 5.88. The second-order valence-corrected chi connectivity index (χ2v) is 3.57. The molecule has 3 N–H and O–H groups in total. The number of carbonyl (C=O) groups is 1. The summed E-state index contributed by atoms with van der Waals surface area (Å²) in [5, 5.41) is 16.4. The van der Waals surface area contributed by atoms with Gasteiger partial charge in [0, 0.05) is 19.6 Å². The molecule has 0 unspecified atom stereocenters. The number of esters is 1. The zero-order chi connectivity index (χ0) is 12.7. The largest absolute Gasteiger partial charge is 0.464 e. The van der Waals surface area contributed by atoms with Gasteiger partial charge in [0.05, 0.1) is 12.8 Å². The number of aryl methyl sites for hydroxylation is 1. The number of aliphatic hydroxyl groups is 1. The molecule has 7 heteroatoms. The molecule has 0 radical (unpaired) electrons. The maximum atomic E-state index is 11.4. The van der Waals surface area contributed by atoms with Gasteiger partial charge in [0.25, 0.3) is 0 Å². The fourth-order valence-corrected chi connectivity index (χ4v) is 1.53. The van der Waals surface area contributed by atoms with E-state index < -0.39 is 5.97 Å². The van der Waals surface area contributed by atoms with Crippen LogP contribution in [0, 0.1) is 0 Å². The molecule has 17 heavy (non-hydrogen) atoms. The topological polar surface area (TPSA) is 103 Å². The lowest BCUT2D eigenvalue weighted by Crippen LogP contribution is -2.14. The molecule has 0 saturated carbocycles. The van der Waals surface area contributed by atoms with E-state index in [4.69, 9.17) is 10.8 Å². The average Bonchev–Trinajstić information content (AvgIpc) is 2.73. The Bertz CT molecular complexity index is 364. The van der Waals surface area contributed by atoms with Gasteiger partial charge in [-0.1, -0.05) is 5.21 Å². The summed E-state index contributed by atoms with van der Waals surface area (Å²) in [6.45, 7) is 1.17. The summed E-state index contributed by atoms with van der Waals surface area (Å²) in [5.74, 6) is -0.498. The smallest absolute Gasteiger partial charge is 0.360 e. The van der Waals surface area contributed by atoms with E-state index in [0.717, 1.165) is 6.42 Å². The Hall–Kier alpha value is -1.47. The van der Waals surface area contributed by atoms with Gasteiger partial charge in [-0.15, -0.1) is 5.10 Å². The standard InChI is InChI=1S/C10H18N4O3/c1-17-10(16)9-8(4-5-11)14(13-12-9)6-2-3-7-15/h15H,2-7,11H2,1H3. The Morgan fingerprint density at radius 2 is 2.29 bits per heavy atom. The summed E-state index contributed by atoms with van der Waals surface area (Å²) in [5.41, 5.74) is 6.41. The van der Waals surface area contributed by atoms with Crippen LogP contribution in [0.2, 0.25) is 0 Å². The molecule has 0 aliphatic heterocycles. The molecule has 1 heterocycles. The Labute approximate surface area is 99.6 Å². The fourth-order valence-electron chi connectivity index (χ4n) is 1.53. The lowest BCUT2D eigenvalue weighted by Gasteiger charge is -2.05. The van der Waals surface area contributed by atoms with Gasteiger partial charge in [-0.25, -0.2) is 9.48 Å². The van der Waals surface area contributed by atoms with Crippen LogP contribution < -0.4 is 5.73 Å². The summed E-state index contributed by atoms with van der Waals surface area (Å²) in [4.78, 5) is 11.4. The molecule has 7 nitrogen and oxygen atoms in total. The Kier molecular flexibility index (Phi) is 5.58. The predicted molar refractivity (Wildman–Crippen MR) is 60.4 cm³/mol. The number of hydrogen-bond donors (Lipinski definition) is 2. The van der Waals surface area contributed by atoms with Crippen molar-refractivity contribution >= 4 is 5.97 Å². The Balaban J connectivity index is 2.82. The number of aromatic nitrogens is 3. The first-order chi connectivity index (χ1) is 8.24. The minimum Gasteiger partial charge on any atom is -0.464 e. The number of hydrogen-bond acceptors (Lipinski definition) is 6. The minimum absolute atomic E-state index is 0.144. The van der Waals surface area contributed by atoms with E-state index in [1.807, 2.05) is 0 Å². The molecule has 1 aromatic rings. The third-order valence-corrected chi connectivity index (χ3v) is 2.38. The highest BCUT2D eigenvalue weighted by Crippen LogP contribution is 2.08. The molecule has 0 spiro atoms. The molecule has 0 amide bonds. The number of ether oxygens (including phenoxy) is 1. The van der Waals surface area contributed by atoms with Crippen molar-refractivity contribution in [2.45, 2.75) is 25.8 Å². The maximum Gasteiger partial charge on any atom is 0.360 e. The van der Waals surface area contributed by atoms with Gasteiger partial charge in [0.2, 0.25) is 0 Å². The number of carbonyl (C=O) groups excluding carboxylic acids is 1. The van der Waals surface area contributed by atoms with E-state index in [2.05, 4.69) is 15.0 Å². The van der Waals surface area contributed by atoms with Crippen LogP contribution in [-0.4, -0.2) is 46.3 Å². The minimum atomic E-state index is -0.498. The zero-order valence-electron chi connectivity index (χ0n) is 9.93. The van der Waals surface area contributed by atoms with Gasteiger partial charge in [-0.3, -0.25) is 0 Å². The first kappa shape index (κ1) is 13.6. The molecule has 0 fully saturated rings. The predicted octanol–water partition coefficient (Wildman–Crippen LogP) is -0.662. The molecule has 0 saturated heterocycles. The number of nitrogens with two attached hydrogens (primary N) is 1. The highest BCUT2D eigenvalue weighted by atomic mass is 16.5. The normalized spacial score (nSPS) is 10.5. The first-order valence-corrected chi connectivity index (χ1v) is 5.56. The molecule has 1 rings (SSSR count). The van der Waals surface area contributed by atoms with Crippen molar-refractivity contribution in [2.75, 3.05) is 20.3 Å². The van der Waals surface area contributed by atoms with Gasteiger partial charge in [-0.2, -0.15) is 0 Å². The summed E-state index contributed by atoms with van der Waals surface area (Å²) in [6, 6.07) is 0. The summed E-state index contributed by atoms with van der Waals surface area (Å²) in [7, 11) is 1.30. The van der Waals surface area contributed by atoms with Crippen LogP contribution in [0.1, 0.15) is 29.0 Å². The van der Waals surface area contributed by atoms with Crippen molar-refractivity contribution in [3.8, 4) is 0 Å². The van der Waals surface area contributed by atoms with E-state index in [0.29, 0.717) is 31.6 Å². The van der Waals surface area contributed by atoms with E-state index in [1.54, 1.807) is 4.68 Å². The van der Waals surface area contributed by atoms with Crippen LogP contribution in [0.4, 0.5) is 0 Å². The van der Waals surface area contributed by atoms with Crippen LogP contribution in [0.15, 0.2) is 0 Å². The summed E-state index contributed by atoms with van der Waals surface area (Å²) >= 11 is 0. The number of unbranched alkanes of at least 4 members (excludes halogenated alkanes) is 1. The maximum absolute atomic E-state index is 11.4. The second-order valence-electron chi connectivity index (χ2n) is 3.57. The van der Waals surface area contributed by atoms with Gasteiger partial charge in [0.15, 0.2) is 5.69 Å². The van der Waals surface area contributed by atoms with Crippen molar-refractivity contribution in [1.82, 2.24) is 15.0 Å². The number of aliphatic hydroxyl groups excluding tert-OH is 1. The van der Waals surface area contributed by atoms with E-state index in [-0.39, 0.29) is 12.3 Å². The van der Waals surface area contributed by atoms with Gasteiger partial charge < -0.3 is 15.6 Å². The molecule has 0 aliphatic carbocycles. The molecular weight excluding hydrogens is 224 g/mol. The molecule has 0 aliphatic rings. The monoisotopic (exact) mass is 242 g/mol. The fraction of sp³-hybridized carbons (Fsp3) is 0.700. The third kappa shape index (κ3) is 3.50. The SMILES string of the molecule is COC(=O)c1nnn(CCCCO)c1CCN. The van der Waals surface area contributed by atoms with Crippen molar-refractivity contribution in [2.24, 2.45) is 5.73 Å². The quantitative estimate of drug-likeness (QED) is 0.486. The van der Waals surface area contributed by atoms with Crippen LogP contribution in [-0.2, 0) is 17.7 Å². The number of nitrogens with zero attached hydrogens (tertiary/aromatic N) is 3. The number of rotatable bonds is 7. The van der Waals surface area contributed by atoms with Crippen molar-refractivity contribution in [3.63, 3.8) is 0 Å². The summed E-state index contributed by atoms with van der Waals surface area (Å²) < 4.78 is 6.27. The molecule has 96 valence electrons. The molecular formula is C10H18N4O3. The van der Waals surface area contributed by atoms with Gasteiger partial charge >= 0.3 is 5.97 Å². The zero-order valence-corrected chi connectivity index (χ0v) is 9.93. The average molecular weight is 242 g/mol. The third-order valence-electron chi connectivity index (χ3n) is 2.38. The van der Waals surface area contributed by atoms with Crippen LogP contribution in [0.3, 0.4) is 0 Å². The van der Waals surface area contributed by atoms with Gasteiger partial charge in [0.1, 0.15) is 0 Å². The first-order valence-electron chi connectivity index (χ1n) is 5.56. The van der Waals surface area contributed by atoms with E-state index in [1.165, 1.54) is 7.11 Å². The van der Waals surface area contributed by atoms with Crippen LogP contribution in [0.25, 0.3) is 0 Å². The Morgan fingerprint density at radius 1 is 1.53 bits per heavy atom. The van der Waals surface area contributed by atoms with Gasteiger partial charge in [-0.05, 0) is 19.4 Å². The van der Waals surface area contributed by atoms with Crippen LogP contribution in [0.5, 0.6) is 0 Å². The van der Waals surface area contributed by atoms with Crippen molar-refractivity contribution in [1.29, 1.82) is 0 Å². The second kappa shape index (κ2) is 6.97. The molecule has 0 bridgehead atoms. The Morgan fingerprint density at radius 3 is 2.88 bits per heavy atom. The molecule has 1 aromatic heterocycles. The molecule has 0 aromatic carbocycles. The molecule has 0 atom stereocenters. The van der Waals surface area contributed by atoms with Crippen molar-refractivity contribution in [3.05, 3.63) is 11.4 Å². The van der Waals surface area contributed by atoms with E-state index in [9.17, 15) is 4.79 Å². The lowest BCUT2D eigenvalue weighted by molar-refractivity contribution is 0.0592. The van der Waals surface area contributed by atoms with Crippen molar-refractivity contribution < 1.29 is 14.6 Å². The van der Waals surface area contributed by atoms with E-state index >= 15 is 0 Å². The number of methoxy groups -OCH3 is 1. The lowest BCUT2D eigenvalue weighted by atomic mass is 10.2. The summed E-state index contributed by atoms with van der Waals surface area (Å²) in [6.07, 6.45) is 1.99. The van der Waals surface area contributed by atoms with Crippen LogP contribution >= 0.6 is 0 Å². The highest BCUT2D eigenvalue weighted by Gasteiger charge is 2.19.